The Morgan fingerprint density at radius 3 is 1.05 bits per heavy atom. The van der Waals surface area contributed by atoms with E-state index in [9.17, 15) is 24.0 Å². The quantitative estimate of drug-likeness (QED) is 0.0191. The average Bonchev–Trinajstić information content (AvgIpc) is 1.05. The standard InChI is InChI=1S/C29H53N5O2.C22H40N4O.C21H39N5O2.C21H38N4O2/c1-11-12-13-32(8)19-23-16-30-31-26(23)22-14-24(27(35)33(9)17-20(2)3)29(6,7)25(15-22)28(36)34(10)18-21(4)5;1-7-8-11-26(6)15-18-14-24-25-20(18)17-9-10-22(4,5)19(12-17)21(27)23-13-16(2)3;1-21(2)8-7-16(13-18(21)20(27)23-9-6-12-28-5)19-17(14-24-25-19)15-26(4)11-10-22-3;1-6-7-11-25(4)15-17-14-23-24-19(17)16-8-9-21(2,3)18(13-16)20(26)22-10-12-27-5/h16,20-22,24-25H,11-15,17-19H2,1-10H3,(H,30,31);14,16-17,19H,7-13,15H2,1-6H3,(H,23,27)(H,24,25);14,16,18,22H,6-13,15H2,1-5H3,(H,23,27)(H,24,25);14,16,18H,6-13,15H2,1-5H3,(H,22,26)(H,23,24)/t22?,24-,25+;17?,19-;2*16?,18-/m.100/s1. The Morgan fingerprint density at radius 2 is 0.737 bits per heavy atom. The van der Waals surface area contributed by atoms with E-state index in [2.05, 4.69) is 228 Å². The molecule has 25 nitrogen and oxygen atoms in total. The monoisotopic (exact) mass is 1650 g/mol. The van der Waals surface area contributed by atoms with E-state index < -0.39 is 5.41 Å². The summed E-state index contributed by atoms with van der Waals surface area (Å²) >= 11 is 0. The molecule has 8 N–H and O–H groups in total. The summed E-state index contributed by atoms with van der Waals surface area (Å²) in [6, 6.07) is 0. The molecule has 674 valence electrons. The van der Waals surface area contributed by atoms with E-state index in [1.807, 2.05) is 55.7 Å². The highest BCUT2D eigenvalue weighted by atomic mass is 16.5. The van der Waals surface area contributed by atoms with Gasteiger partial charge in [0.05, 0.1) is 31.4 Å². The number of carbonyl (C=O) groups is 5. The Kier molecular flexibility index (Phi) is 43.8. The maximum Gasteiger partial charge on any atom is 0.226 e. The van der Waals surface area contributed by atoms with Crippen molar-refractivity contribution in [1.82, 2.24) is 91.5 Å². The first-order chi connectivity index (χ1) is 55.8. The van der Waals surface area contributed by atoms with E-state index >= 15 is 0 Å². The van der Waals surface area contributed by atoms with Gasteiger partial charge in [-0.15, -0.1) is 0 Å². The van der Waals surface area contributed by atoms with Crippen LogP contribution >= 0.6 is 0 Å². The second kappa shape index (κ2) is 50.5. The van der Waals surface area contributed by atoms with Crippen LogP contribution in [0.2, 0.25) is 0 Å². The smallest absolute Gasteiger partial charge is 0.226 e. The minimum atomic E-state index is -0.431. The Hall–Kier alpha value is -6.09. The van der Waals surface area contributed by atoms with Crippen LogP contribution in [0, 0.1) is 69.0 Å². The van der Waals surface area contributed by atoms with E-state index in [4.69, 9.17) is 9.47 Å². The fraction of sp³-hybridized carbons (Fsp3) is 0.817. The molecule has 25 heteroatoms. The van der Waals surface area contributed by atoms with Crippen LogP contribution in [0.5, 0.6) is 0 Å². The van der Waals surface area contributed by atoms with Gasteiger partial charge >= 0.3 is 0 Å². The maximum absolute atomic E-state index is 13.8. The van der Waals surface area contributed by atoms with E-state index in [0.29, 0.717) is 61.8 Å². The van der Waals surface area contributed by atoms with Gasteiger partial charge in [0.2, 0.25) is 29.5 Å². The molecular formula is C93H170N18O7. The Balaban J connectivity index is 0.000000282. The largest absolute Gasteiger partial charge is 0.385 e. The van der Waals surface area contributed by atoms with Gasteiger partial charge in [0.25, 0.3) is 0 Å². The molecule has 4 heterocycles. The number of H-pyrrole nitrogens is 4. The summed E-state index contributed by atoms with van der Waals surface area (Å²) in [7, 11) is 17.8. The minimum absolute atomic E-state index is 0.0158. The zero-order valence-electron chi connectivity index (χ0n) is 79.1. The van der Waals surface area contributed by atoms with Crippen molar-refractivity contribution in [1.29, 1.82) is 0 Å². The van der Waals surface area contributed by atoms with Gasteiger partial charge < -0.3 is 60.1 Å². The van der Waals surface area contributed by atoms with Crippen LogP contribution in [-0.2, 0) is 59.6 Å². The van der Waals surface area contributed by atoms with Gasteiger partial charge in [0, 0.05) is 205 Å². The molecule has 0 bridgehead atoms. The van der Waals surface area contributed by atoms with Gasteiger partial charge in [0.15, 0.2) is 0 Å². The lowest BCUT2D eigenvalue weighted by Crippen LogP contribution is -2.53. The van der Waals surface area contributed by atoms with E-state index in [-0.39, 0.29) is 81.3 Å². The predicted molar refractivity (Wildman–Crippen MR) is 480 cm³/mol. The third-order valence-corrected chi connectivity index (χ3v) is 26.2. The lowest BCUT2D eigenvalue weighted by atomic mass is 9.57. The summed E-state index contributed by atoms with van der Waals surface area (Å²) in [6.07, 6.45) is 26.5. The molecule has 8 rings (SSSR count). The molecule has 4 aliphatic carbocycles. The van der Waals surface area contributed by atoms with Gasteiger partial charge in [0.1, 0.15) is 0 Å². The lowest BCUT2D eigenvalue weighted by molar-refractivity contribution is -0.151. The highest BCUT2D eigenvalue weighted by molar-refractivity contribution is 5.84. The first kappa shape index (κ1) is 102. The average molecular weight is 1650 g/mol. The first-order valence-corrected chi connectivity index (χ1v) is 45.6. The van der Waals surface area contributed by atoms with Crippen molar-refractivity contribution in [2.75, 3.05) is 142 Å². The van der Waals surface area contributed by atoms with E-state index in [1.165, 1.54) is 77.9 Å². The number of likely N-dealkylation sites (N-methyl/N-ethyl adjacent to an activating group) is 2. The summed E-state index contributed by atoms with van der Waals surface area (Å²) < 4.78 is 10.1. The third-order valence-electron chi connectivity index (χ3n) is 26.2. The van der Waals surface area contributed by atoms with Gasteiger partial charge in [-0.1, -0.05) is 137 Å². The number of nitrogens with zero attached hydrogens (tertiary/aromatic N) is 10. The van der Waals surface area contributed by atoms with Gasteiger partial charge in [-0.05, 0) is 191 Å². The zero-order chi connectivity index (χ0) is 87.7. The number of aromatic amines is 4. The molecule has 0 saturated heterocycles. The third kappa shape index (κ3) is 32.0. The number of hydrogen-bond acceptors (Lipinski definition) is 16. The second-order valence-electron chi connectivity index (χ2n) is 39.8. The molecule has 4 aromatic heterocycles. The molecule has 0 radical (unpaired) electrons. The van der Waals surface area contributed by atoms with Gasteiger partial charge in [-0.25, -0.2) is 0 Å². The van der Waals surface area contributed by atoms with Crippen molar-refractivity contribution in [3.8, 4) is 0 Å². The van der Waals surface area contributed by atoms with Crippen LogP contribution in [0.15, 0.2) is 24.8 Å². The number of ether oxygens (including phenoxy) is 2. The molecule has 5 amide bonds. The van der Waals surface area contributed by atoms with E-state index in [1.54, 1.807) is 14.2 Å². The highest BCUT2D eigenvalue weighted by Crippen LogP contribution is 2.53. The number of amides is 5. The molecule has 4 unspecified atom stereocenters. The molecule has 4 aliphatic rings. The molecule has 0 aromatic carbocycles. The fourth-order valence-corrected chi connectivity index (χ4v) is 18.5. The summed E-state index contributed by atoms with van der Waals surface area (Å²) in [4.78, 5) is 79.3. The topological polar surface area (TPSA) is 286 Å². The van der Waals surface area contributed by atoms with Crippen LogP contribution in [-0.4, -0.2) is 242 Å². The number of hydrogen-bond donors (Lipinski definition) is 8. The molecule has 0 spiro atoms. The normalized spacial score (nSPS) is 22.0. The molecule has 4 fully saturated rings. The summed E-state index contributed by atoms with van der Waals surface area (Å²) in [5.41, 5.74) is 9.44. The van der Waals surface area contributed by atoms with Crippen LogP contribution in [0.3, 0.4) is 0 Å². The summed E-state index contributed by atoms with van der Waals surface area (Å²) in [6.45, 7) is 50.6. The number of nitrogens with one attached hydrogen (secondary N) is 8. The van der Waals surface area contributed by atoms with Crippen molar-refractivity contribution in [2.45, 2.75) is 283 Å². The van der Waals surface area contributed by atoms with Crippen LogP contribution in [0.4, 0.5) is 0 Å². The summed E-state index contributed by atoms with van der Waals surface area (Å²) in [5, 5.41) is 43.0. The number of aromatic nitrogens is 8. The Bertz CT molecular complexity index is 3480. The van der Waals surface area contributed by atoms with Crippen LogP contribution < -0.4 is 21.3 Å². The zero-order valence-corrected chi connectivity index (χ0v) is 79.1. The molecule has 4 aromatic rings. The maximum atomic E-state index is 13.8. The van der Waals surface area contributed by atoms with Crippen LogP contribution in [0.25, 0.3) is 0 Å². The van der Waals surface area contributed by atoms with Gasteiger partial charge in [-0.2, -0.15) is 20.4 Å². The lowest BCUT2D eigenvalue weighted by Gasteiger charge is -2.48. The van der Waals surface area contributed by atoms with E-state index in [0.717, 1.165) is 161 Å². The number of unbranched alkanes of at least 4 members (excludes halogenated alkanes) is 3. The number of methoxy groups -OCH3 is 2. The second-order valence-corrected chi connectivity index (χ2v) is 39.8. The molecule has 118 heavy (non-hydrogen) atoms. The van der Waals surface area contributed by atoms with Crippen molar-refractivity contribution < 1.29 is 33.4 Å². The summed E-state index contributed by atoms with van der Waals surface area (Å²) in [5.74, 6) is 3.00. The molecule has 9 atom stereocenters. The van der Waals surface area contributed by atoms with Crippen molar-refractivity contribution in [2.24, 2.45) is 69.0 Å². The number of rotatable bonds is 42. The Labute approximate surface area is 715 Å². The fourth-order valence-electron chi connectivity index (χ4n) is 18.5. The predicted octanol–water partition coefficient (Wildman–Crippen LogP) is 14.8. The van der Waals surface area contributed by atoms with Gasteiger partial charge in [-0.3, -0.25) is 44.4 Å². The van der Waals surface area contributed by atoms with Crippen molar-refractivity contribution in [3.63, 3.8) is 0 Å². The molecular weight excluding hydrogens is 1480 g/mol. The van der Waals surface area contributed by atoms with Crippen LogP contribution in [0.1, 0.15) is 302 Å². The van der Waals surface area contributed by atoms with Crippen molar-refractivity contribution in [3.05, 3.63) is 69.8 Å². The number of carbonyl (C=O) groups excluding carboxylic acids is 5. The molecule has 4 saturated carbocycles. The highest BCUT2D eigenvalue weighted by Gasteiger charge is 2.53. The first-order valence-electron chi connectivity index (χ1n) is 45.6. The Morgan fingerprint density at radius 1 is 0.424 bits per heavy atom. The molecule has 0 aliphatic heterocycles. The minimum Gasteiger partial charge on any atom is -0.385 e. The van der Waals surface area contributed by atoms with Crippen molar-refractivity contribution >= 4 is 29.5 Å². The SMILES string of the molecule is CCCCN(C)Cc1cn[nH]c1C1CCC(C)(C)[C@@H](C(=O)NCC(C)C)C1.CCCCN(C)Cc1cn[nH]c1C1CCC(C)(C)[C@H](C(=O)NCCOC)C1.CCCCN(C)Cc1cn[nH]c1C1C[C@H](C(=O)N(C)CC(C)C)C(C)(C)[C@H](C(=O)N(C)CC(C)C)C1.CNCCN(C)Cc1cn[nH]c1C1CCC(C)(C)[C@H](C(=O)NCCCOC)C1.